The summed E-state index contributed by atoms with van der Waals surface area (Å²) in [6.45, 7) is 10.1. The fraction of sp³-hybridized carbons (Fsp3) is 0.500. The first-order valence-corrected chi connectivity index (χ1v) is 6.74. The van der Waals surface area contributed by atoms with E-state index in [1.807, 2.05) is 46.9 Å². The van der Waals surface area contributed by atoms with Gasteiger partial charge in [0.2, 0.25) is 0 Å². The fourth-order valence-electron chi connectivity index (χ4n) is 2.19. The molecule has 0 aromatic carbocycles. The lowest BCUT2D eigenvalue weighted by atomic mass is 9.79. The maximum Gasteiger partial charge on any atom is 0.498 e. The predicted octanol–water partition coefficient (Wildman–Crippen LogP) is 2.07. The van der Waals surface area contributed by atoms with Crippen LogP contribution < -0.4 is 5.46 Å². The molecule has 3 rings (SSSR count). The van der Waals surface area contributed by atoms with Crippen LogP contribution in [0.15, 0.2) is 29.2 Å². The van der Waals surface area contributed by atoms with Crippen LogP contribution in [0.4, 0.5) is 0 Å². The summed E-state index contributed by atoms with van der Waals surface area (Å²) in [5.74, 6) is 0. The van der Waals surface area contributed by atoms with Gasteiger partial charge < -0.3 is 13.7 Å². The molecule has 0 aliphatic carbocycles. The molecule has 20 heavy (non-hydrogen) atoms. The lowest BCUT2D eigenvalue weighted by Crippen LogP contribution is -2.41. The lowest BCUT2D eigenvalue weighted by Gasteiger charge is -2.32. The van der Waals surface area contributed by atoms with E-state index >= 15 is 0 Å². The van der Waals surface area contributed by atoms with Crippen LogP contribution in [-0.4, -0.2) is 28.1 Å². The second-order valence-electron chi connectivity index (χ2n) is 6.18. The average Bonchev–Trinajstić information content (AvgIpc) is 2.98. The van der Waals surface area contributed by atoms with E-state index < -0.39 is 0 Å². The van der Waals surface area contributed by atoms with Gasteiger partial charge in [0.1, 0.15) is 12.0 Å². The molecule has 2 aromatic heterocycles. The largest absolute Gasteiger partial charge is 0.498 e. The number of aryl methyl sites for hydroxylation is 1. The monoisotopic (exact) mass is 274 g/mol. The molecule has 0 saturated carbocycles. The Hall–Kier alpha value is -1.53. The Kier molecular flexibility index (Phi) is 2.85. The second-order valence-corrected chi connectivity index (χ2v) is 6.18. The number of hydrogen-bond donors (Lipinski definition) is 0. The molecule has 5 nitrogen and oxygen atoms in total. The summed E-state index contributed by atoms with van der Waals surface area (Å²) >= 11 is 0. The van der Waals surface area contributed by atoms with Crippen LogP contribution in [0.2, 0.25) is 0 Å². The first-order chi connectivity index (χ1) is 9.30. The van der Waals surface area contributed by atoms with Crippen LogP contribution in [-0.2, 0) is 9.31 Å². The maximum atomic E-state index is 6.06. The van der Waals surface area contributed by atoms with E-state index in [4.69, 9.17) is 13.7 Å². The van der Waals surface area contributed by atoms with Crippen LogP contribution in [0.1, 0.15) is 33.4 Å². The number of hydrogen-bond acceptors (Lipinski definition) is 4. The van der Waals surface area contributed by atoms with E-state index in [0.29, 0.717) is 0 Å². The highest BCUT2D eigenvalue weighted by atomic mass is 16.7. The summed E-state index contributed by atoms with van der Waals surface area (Å²) < 4.78 is 19.0. The minimum atomic E-state index is -0.388. The van der Waals surface area contributed by atoms with E-state index in [9.17, 15) is 0 Å². The van der Waals surface area contributed by atoms with Gasteiger partial charge in [-0.15, -0.1) is 0 Å². The minimum Gasteiger partial charge on any atom is -0.470 e. The van der Waals surface area contributed by atoms with Crippen molar-refractivity contribution in [2.24, 2.45) is 0 Å². The van der Waals surface area contributed by atoms with Crippen LogP contribution >= 0.6 is 0 Å². The van der Waals surface area contributed by atoms with Crippen LogP contribution in [0.3, 0.4) is 0 Å². The highest BCUT2D eigenvalue weighted by Crippen LogP contribution is 2.36. The molecule has 0 N–H and O–H groups in total. The van der Waals surface area contributed by atoms with E-state index in [2.05, 4.69) is 5.10 Å². The van der Waals surface area contributed by atoms with Crippen molar-refractivity contribution in [2.45, 2.75) is 45.8 Å². The van der Waals surface area contributed by atoms with Crippen molar-refractivity contribution in [3.63, 3.8) is 0 Å². The van der Waals surface area contributed by atoms with E-state index in [0.717, 1.165) is 16.8 Å². The molecule has 0 atom stereocenters. The molecule has 0 unspecified atom stereocenters. The van der Waals surface area contributed by atoms with Crippen molar-refractivity contribution in [1.82, 2.24) is 9.78 Å². The molecule has 1 aliphatic rings. The molecular formula is C14H19BN2O3. The van der Waals surface area contributed by atoms with Crippen LogP contribution in [0.25, 0.3) is 5.69 Å². The van der Waals surface area contributed by atoms with Crippen LogP contribution in [0.5, 0.6) is 0 Å². The van der Waals surface area contributed by atoms with Gasteiger partial charge in [-0.2, -0.15) is 5.10 Å². The number of nitrogens with zero attached hydrogens (tertiary/aromatic N) is 2. The van der Waals surface area contributed by atoms with Crippen molar-refractivity contribution in [3.8, 4) is 5.69 Å². The summed E-state index contributed by atoms with van der Waals surface area (Å²) in [6, 6.07) is 1.86. The predicted molar refractivity (Wildman–Crippen MR) is 76.3 cm³/mol. The summed E-state index contributed by atoms with van der Waals surface area (Å²) in [4.78, 5) is 0. The van der Waals surface area contributed by atoms with Gasteiger partial charge in [0.05, 0.1) is 23.2 Å². The van der Waals surface area contributed by atoms with Gasteiger partial charge in [-0.05, 0) is 34.6 Å². The molecule has 0 amide bonds. The summed E-state index contributed by atoms with van der Waals surface area (Å²) in [5, 5.41) is 4.49. The van der Waals surface area contributed by atoms with Crippen molar-refractivity contribution in [3.05, 3.63) is 30.5 Å². The summed E-state index contributed by atoms with van der Waals surface area (Å²) in [6.07, 6.45) is 5.21. The minimum absolute atomic E-state index is 0.345. The lowest BCUT2D eigenvalue weighted by molar-refractivity contribution is 0.00578. The van der Waals surface area contributed by atoms with Crippen molar-refractivity contribution in [2.75, 3.05) is 0 Å². The molecule has 106 valence electrons. The standard InChI is InChI=1S/C14H19BN2O3/c1-10-12(8-17(16-10)11-6-7-18-9-11)15-19-13(2,3)14(4,5)20-15/h6-9H,1-5H3. The second kappa shape index (κ2) is 4.23. The van der Waals surface area contributed by atoms with Gasteiger partial charge in [-0.3, -0.25) is 0 Å². The molecular weight excluding hydrogens is 255 g/mol. The van der Waals surface area contributed by atoms with Gasteiger partial charge in [-0.25, -0.2) is 4.68 Å². The van der Waals surface area contributed by atoms with Gasteiger partial charge in [0, 0.05) is 17.7 Å². The zero-order chi connectivity index (χ0) is 14.5. The molecule has 6 heteroatoms. The van der Waals surface area contributed by atoms with Crippen molar-refractivity contribution in [1.29, 1.82) is 0 Å². The number of aromatic nitrogens is 2. The smallest absolute Gasteiger partial charge is 0.470 e. The van der Waals surface area contributed by atoms with Crippen LogP contribution in [0, 0.1) is 6.92 Å². The quantitative estimate of drug-likeness (QED) is 0.787. The Morgan fingerprint density at radius 3 is 2.35 bits per heavy atom. The molecule has 1 aliphatic heterocycles. The summed E-state index contributed by atoms with van der Waals surface area (Å²) in [5.41, 5.74) is 2.04. The van der Waals surface area contributed by atoms with E-state index in [1.165, 1.54) is 0 Å². The molecule has 0 spiro atoms. The Morgan fingerprint density at radius 2 is 1.80 bits per heavy atom. The SMILES string of the molecule is Cc1nn(-c2ccoc2)cc1B1OC(C)(C)C(C)(C)O1. The molecule has 0 bridgehead atoms. The third-order valence-electron chi connectivity index (χ3n) is 4.21. The Bertz CT molecular complexity index is 600. The Morgan fingerprint density at radius 1 is 1.15 bits per heavy atom. The third-order valence-corrected chi connectivity index (χ3v) is 4.21. The Labute approximate surface area is 119 Å². The third kappa shape index (κ3) is 1.99. The first-order valence-electron chi connectivity index (χ1n) is 6.74. The normalized spacial score (nSPS) is 20.6. The number of furan rings is 1. The van der Waals surface area contributed by atoms with Gasteiger partial charge in [-0.1, -0.05) is 0 Å². The van der Waals surface area contributed by atoms with Crippen molar-refractivity contribution < 1.29 is 13.7 Å². The molecule has 1 fully saturated rings. The zero-order valence-corrected chi connectivity index (χ0v) is 12.5. The van der Waals surface area contributed by atoms with Crippen molar-refractivity contribution >= 4 is 12.6 Å². The van der Waals surface area contributed by atoms with Gasteiger partial charge in [0.15, 0.2) is 0 Å². The molecule has 0 radical (unpaired) electrons. The molecule has 3 heterocycles. The average molecular weight is 274 g/mol. The maximum absolute atomic E-state index is 6.06. The fourth-order valence-corrected chi connectivity index (χ4v) is 2.19. The number of rotatable bonds is 2. The van der Waals surface area contributed by atoms with Gasteiger partial charge in [0.25, 0.3) is 0 Å². The van der Waals surface area contributed by atoms with Gasteiger partial charge >= 0.3 is 7.12 Å². The van der Waals surface area contributed by atoms with E-state index in [1.54, 1.807) is 17.2 Å². The highest BCUT2D eigenvalue weighted by Gasteiger charge is 2.52. The van der Waals surface area contributed by atoms with E-state index in [-0.39, 0.29) is 18.3 Å². The highest BCUT2D eigenvalue weighted by molar-refractivity contribution is 6.62. The summed E-state index contributed by atoms with van der Waals surface area (Å²) in [7, 11) is -0.388. The zero-order valence-electron chi connectivity index (χ0n) is 12.5. The topological polar surface area (TPSA) is 49.4 Å². The Balaban J connectivity index is 1.93. The molecule has 2 aromatic rings. The molecule has 1 saturated heterocycles. The first kappa shape index (κ1) is 13.5.